The molecule has 0 atom stereocenters. The summed E-state index contributed by atoms with van der Waals surface area (Å²) in [5, 5.41) is 17.3. The number of fused-ring (bicyclic) bond motifs is 1. The second kappa shape index (κ2) is 11.0. The largest absolute Gasteiger partial charge is 0.481 e. The predicted molar refractivity (Wildman–Crippen MR) is 151 cm³/mol. The van der Waals surface area contributed by atoms with Gasteiger partial charge in [-0.25, -0.2) is 4.98 Å². The molecule has 1 heterocycles. The highest BCUT2D eigenvalue weighted by molar-refractivity contribution is 9.10. The van der Waals surface area contributed by atoms with Crippen molar-refractivity contribution >= 4 is 50.3 Å². The van der Waals surface area contributed by atoms with Gasteiger partial charge in [0, 0.05) is 26.7 Å². The van der Waals surface area contributed by atoms with E-state index in [9.17, 15) is 14.9 Å². The van der Waals surface area contributed by atoms with Gasteiger partial charge in [-0.2, -0.15) is 9.78 Å². The van der Waals surface area contributed by atoms with Gasteiger partial charge in [-0.3, -0.25) is 14.9 Å². The standard InChI is InChI=1S/C28H18BrClN4O4/c29-21-14-20(26(25(15-21)34(36)37)38-17-18-10-12-22(30)13-11-18)16-31-33-27(19-6-2-1-3-7-19)32-24-9-5-4-8-23(24)28(33)35/h1-16H,17H2. The molecule has 4 aromatic carbocycles. The van der Waals surface area contributed by atoms with E-state index in [0.717, 1.165) is 5.56 Å². The van der Waals surface area contributed by atoms with E-state index >= 15 is 0 Å². The molecule has 0 saturated carbocycles. The van der Waals surface area contributed by atoms with Crippen molar-refractivity contribution in [3.8, 4) is 17.1 Å². The molecule has 0 unspecified atom stereocenters. The summed E-state index contributed by atoms with van der Waals surface area (Å²) >= 11 is 9.28. The lowest BCUT2D eigenvalue weighted by atomic mass is 10.1. The lowest BCUT2D eigenvalue weighted by molar-refractivity contribution is -0.386. The number of rotatable bonds is 7. The Bertz CT molecular complexity index is 1740. The summed E-state index contributed by atoms with van der Waals surface area (Å²) in [6.45, 7) is 0.0627. The van der Waals surface area contributed by atoms with Gasteiger partial charge in [-0.05, 0) is 35.9 Å². The fourth-order valence-corrected chi connectivity index (χ4v) is 4.44. The maximum Gasteiger partial charge on any atom is 0.312 e. The van der Waals surface area contributed by atoms with Crippen LogP contribution in [0.1, 0.15) is 11.1 Å². The maximum absolute atomic E-state index is 13.5. The molecule has 0 aliphatic heterocycles. The highest BCUT2D eigenvalue weighted by Gasteiger charge is 2.21. The number of halogens is 2. The normalized spacial score (nSPS) is 11.2. The van der Waals surface area contributed by atoms with Crippen molar-refractivity contribution in [1.82, 2.24) is 9.66 Å². The molecular weight excluding hydrogens is 572 g/mol. The SMILES string of the molecule is O=c1c2ccccc2nc(-c2ccccc2)n1N=Cc1cc(Br)cc([N+](=O)[O-])c1OCc1ccc(Cl)cc1. The first-order valence-electron chi connectivity index (χ1n) is 11.4. The van der Waals surface area contributed by atoms with Crippen LogP contribution in [0.4, 0.5) is 5.69 Å². The highest BCUT2D eigenvalue weighted by atomic mass is 79.9. The number of nitro benzene ring substituents is 1. The average Bonchev–Trinajstić information content (AvgIpc) is 2.93. The molecule has 0 radical (unpaired) electrons. The second-order valence-corrected chi connectivity index (χ2v) is 9.55. The predicted octanol–water partition coefficient (Wildman–Crippen LogP) is 6.85. The van der Waals surface area contributed by atoms with Crippen LogP contribution in [0.3, 0.4) is 0 Å². The number of ether oxygens (including phenoxy) is 1. The van der Waals surface area contributed by atoms with Crippen LogP contribution in [0.5, 0.6) is 5.75 Å². The zero-order chi connectivity index (χ0) is 26.6. The topological polar surface area (TPSA) is 99.6 Å². The number of aromatic nitrogens is 2. The van der Waals surface area contributed by atoms with Crippen LogP contribution in [0.25, 0.3) is 22.3 Å². The van der Waals surface area contributed by atoms with Crippen LogP contribution in [-0.2, 0) is 6.61 Å². The van der Waals surface area contributed by atoms with Crippen LogP contribution in [0.2, 0.25) is 5.02 Å². The highest BCUT2D eigenvalue weighted by Crippen LogP contribution is 2.34. The minimum atomic E-state index is -0.529. The summed E-state index contributed by atoms with van der Waals surface area (Å²) in [6, 6.07) is 26.1. The zero-order valence-corrected chi connectivity index (χ0v) is 22.0. The molecule has 0 fully saturated rings. The molecule has 0 saturated heterocycles. The number of hydrogen-bond donors (Lipinski definition) is 0. The van der Waals surface area contributed by atoms with Crippen molar-refractivity contribution in [1.29, 1.82) is 0 Å². The Morgan fingerprint density at radius 1 is 1.03 bits per heavy atom. The number of benzene rings is 4. The van der Waals surface area contributed by atoms with Gasteiger partial charge in [0.25, 0.3) is 5.56 Å². The molecule has 8 nitrogen and oxygen atoms in total. The van der Waals surface area contributed by atoms with Crippen molar-refractivity contribution < 1.29 is 9.66 Å². The van der Waals surface area contributed by atoms with Crippen molar-refractivity contribution in [2.45, 2.75) is 6.61 Å². The van der Waals surface area contributed by atoms with Crippen molar-refractivity contribution in [2.24, 2.45) is 5.10 Å². The summed E-state index contributed by atoms with van der Waals surface area (Å²) in [6.07, 6.45) is 1.36. The lowest BCUT2D eigenvalue weighted by Crippen LogP contribution is -2.20. The van der Waals surface area contributed by atoms with Crippen molar-refractivity contribution in [2.75, 3.05) is 0 Å². The molecule has 188 valence electrons. The lowest BCUT2D eigenvalue weighted by Gasteiger charge is -2.12. The minimum absolute atomic E-state index is 0.0139. The second-order valence-electron chi connectivity index (χ2n) is 8.20. The monoisotopic (exact) mass is 588 g/mol. The van der Waals surface area contributed by atoms with E-state index in [2.05, 4.69) is 26.0 Å². The van der Waals surface area contributed by atoms with E-state index < -0.39 is 4.92 Å². The zero-order valence-electron chi connectivity index (χ0n) is 19.6. The molecule has 5 aromatic rings. The molecule has 0 aliphatic rings. The van der Waals surface area contributed by atoms with E-state index in [1.807, 2.05) is 36.4 Å². The third kappa shape index (κ3) is 5.34. The Kier molecular flexibility index (Phi) is 7.30. The van der Waals surface area contributed by atoms with Crippen molar-refractivity contribution in [3.63, 3.8) is 0 Å². The van der Waals surface area contributed by atoms with Crippen LogP contribution in [-0.4, -0.2) is 20.8 Å². The van der Waals surface area contributed by atoms with E-state index in [4.69, 9.17) is 16.3 Å². The smallest absolute Gasteiger partial charge is 0.312 e. The summed E-state index contributed by atoms with van der Waals surface area (Å²) < 4.78 is 7.56. The molecule has 5 rings (SSSR count). The van der Waals surface area contributed by atoms with Gasteiger partial charge in [-0.15, -0.1) is 0 Å². The molecule has 0 amide bonds. The molecule has 10 heteroatoms. The van der Waals surface area contributed by atoms with Gasteiger partial charge < -0.3 is 4.74 Å². The Hall–Kier alpha value is -4.34. The number of para-hydroxylation sites is 1. The molecular formula is C28H18BrClN4O4. The molecule has 0 aliphatic carbocycles. The number of nitrogens with zero attached hydrogens (tertiary/aromatic N) is 4. The first-order valence-corrected chi connectivity index (χ1v) is 12.5. The third-order valence-electron chi connectivity index (χ3n) is 5.65. The fourth-order valence-electron chi connectivity index (χ4n) is 3.85. The van der Waals surface area contributed by atoms with Crippen LogP contribution < -0.4 is 10.3 Å². The number of hydrogen-bond acceptors (Lipinski definition) is 6. The van der Waals surface area contributed by atoms with Crippen molar-refractivity contribution in [3.05, 3.63) is 132 Å². The quantitative estimate of drug-likeness (QED) is 0.117. The van der Waals surface area contributed by atoms with Gasteiger partial charge in [0.2, 0.25) is 5.75 Å². The number of nitro groups is 1. The van der Waals surface area contributed by atoms with E-state index in [1.165, 1.54) is 17.0 Å². The summed E-state index contributed by atoms with van der Waals surface area (Å²) in [5.41, 5.74) is 1.68. The van der Waals surface area contributed by atoms with E-state index in [1.54, 1.807) is 48.5 Å². The average molecular weight is 590 g/mol. The molecule has 0 N–H and O–H groups in total. The van der Waals surface area contributed by atoms with Gasteiger partial charge in [-0.1, -0.05) is 82.1 Å². The molecule has 0 bridgehead atoms. The van der Waals surface area contributed by atoms with Gasteiger partial charge in [0.15, 0.2) is 5.82 Å². The summed E-state index contributed by atoms with van der Waals surface area (Å²) in [4.78, 5) is 29.5. The van der Waals surface area contributed by atoms with Crippen LogP contribution in [0, 0.1) is 10.1 Å². The van der Waals surface area contributed by atoms with Crippen LogP contribution in [0.15, 0.2) is 105 Å². The summed E-state index contributed by atoms with van der Waals surface area (Å²) in [7, 11) is 0. The van der Waals surface area contributed by atoms with Gasteiger partial charge in [0.1, 0.15) is 6.61 Å². The molecule has 0 spiro atoms. The Morgan fingerprint density at radius 2 is 1.74 bits per heavy atom. The van der Waals surface area contributed by atoms with E-state index in [-0.39, 0.29) is 23.6 Å². The minimum Gasteiger partial charge on any atom is -0.481 e. The summed E-state index contributed by atoms with van der Waals surface area (Å²) in [5.74, 6) is 0.346. The first-order chi connectivity index (χ1) is 18.4. The van der Waals surface area contributed by atoms with Gasteiger partial charge >= 0.3 is 5.69 Å². The Labute approximate surface area is 230 Å². The van der Waals surface area contributed by atoms with Crippen LogP contribution >= 0.6 is 27.5 Å². The Balaban J connectivity index is 1.63. The Morgan fingerprint density at radius 3 is 2.47 bits per heavy atom. The molecule has 38 heavy (non-hydrogen) atoms. The fraction of sp³-hybridized carbons (Fsp3) is 0.0357. The van der Waals surface area contributed by atoms with Gasteiger partial charge in [0.05, 0.1) is 22.0 Å². The van der Waals surface area contributed by atoms with E-state index in [0.29, 0.717) is 37.3 Å². The maximum atomic E-state index is 13.5. The first kappa shape index (κ1) is 25.3. The molecule has 1 aromatic heterocycles. The third-order valence-corrected chi connectivity index (χ3v) is 6.36.